The number of rotatable bonds is 7. The van der Waals surface area contributed by atoms with Crippen molar-refractivity contribution in [2.75, 3.05) is 70.0 Å². The van der Waals surface area contributed by atoms with Gasteiger partial charge in [-0.3, -0.25) is 14.5 Å². The first-order valence-corrected chi connectivity index (χ1v) is 18.6. The molecule has 2 bridgehead atoms. The lowest BCUT2D eigenvalue weighted by Crippen LogP contribution is -2.61. The highest BCUT2D eigenvalue weighted by atomic mass is 35.5. The molecule has 1 aromatic carbocycles. The molecule has 0 aliphatic carbocycles. The molecule has 8 rings (SSSR count). The molecule has 4 amide bonds. The molecule has 0 spiro atoms. The van der Waals surface area contributed by atoms with Gasteiger partial charge in [-0.1, -0.05) is 11.6 Å². The molecule has 2 atom stereocenters. The number of urea groups is 1. The number of nitrogens with zero attached hydrogens (tertiary/aromatic N) is 5. The summed E-state index contributed by atoms with van der Waals surface area (Å²) in [4.78, 5) is 51.0. The zero-order valence-electron chi connectivity index (χ0n) is 27.4. The Balaban J connectivity index is 1.03. The van der Waals surface area contributed by atoms with Crippen LogP contribution in [0.3, 0.4) is 0 Å². The highest BCUT2D eigenvalue weighted by Gasteiger charge is 2.41. The van der Waals surface area contributed by atoms with Crippen LogP contribution in [-0.2, 0) is 28.7 Å². The average molecular weight is 722 g/mol. The molecule has 6 aliphatic heterocycles. The molecule has 6 aliphatic rings. The molecule has 266 valence electrons. The second-order valence-electron chi connectivity index (χ2n) is 14.2. The van der Waals surface area contributed by atoms with Crippen LogP contribution in [0.25, 0.3) is 0 Å². The number of carbonyl (C=O) groups excluding carboxylic acids is 3. The predicted octanol–water partition coefficient (Wildman–Crippen LogP) is 4.83. The molecule has 5 saturated heterocycles. The van der Waals surface area contributed by atoms with E-state index in [0.29, 0.717) is 57.5 Å². The van der Waals surface area contributed by atoms with Gasteiger partial charge in [0.05, 0.1) is 34.4 Å². The smallest absolute Gasteiger partial charge is 0.397 e. The number of hydrogen-bond acceptors (Lipinski definition) is 7. The van der Waals surface area contributed by atoms with Gasteiger partial charge in [-0.15, -0.1) is 11.3 Å². The number of nitrogens with one attached hydrogen (secondary N) is 1. The van der Waals surface area contributed by atoms with Crippen molar-refractivity contribution >= 4 is 52.2 Å². The van der Waals surface area contributed by atoms with Gasteiger partial charge in [0.15, 0.2) is 0 Å². The van der Waals surface area contributed by atoms with E-state index in [1.807, 2.05) is 15.7 Å². The Labute approximate surface area is 293 Å². The lowest BCUT2D eigenvalue weighted by Gasteiger charge is -2.51. The van der Waals surface area contributed by atoms with E-state index >= 15 is 0 Å². The highest BCUT2D eigenvalue weighted by molar-refractivity contribution is 7.08. The van der Waals surface area contributed by atoms with Crippen LogP contribution in [-0.4, -0.2) is 113 Å². The Kier molecular flexibility index (Phi) is 9.77. The van der Waals surface area contributed by atoms with E-state index in [-0.39, 0.29) is 47.3 Å². The zero-order chi connectivity index (χ0) is 34.4. The van der Waals surface area contributed by atoms with Crippen molar-refractivity contribution in [2.45, 2.75) is 63.3 Å². The second kappa shape index (κ2) is 13.9. The molecule has 49 heavy (non-hydrogen) atoms. The molecule has 2 aromatic rings. The van der Waals surface area contributed by atoms with E-state index in [1.165, 1.54) is 18.9 Å². The van der Waals surface area contributed by atoms with Crippen LogP contribution < -0.4 is 11.1 Å². The zero-order valence-corrected chi connectivity index (χ0v) is 29.0. The predicted molar refractivity (Wildman–Crippen MR) is 182 cm³/mol. The molecule has 15 heteroatoms. The quantitative estimate of drug-likeness (QED) is 0.398. The lowest BCUT2D eigenvalue weighted by atomic mass is 9.83. The number of halogens is 4. The normalized spacial score (nSPS) is 25.7. The van der Waals surface area contributed by atoms with Crippen molar-refractivity contribution in [1.29, 1.82) is 0 Å². The molecule has 1 aromatic heterocycles. The maximum atomic E-state index is 14.1. The van der Waals surface area contributed by atoms with Crippen LogP contribution in [0.4, 0.5) is 29.3 Å². The number of hydrogen-bond donors (Lipinski definition) is 2. The van der Waals surface area contributed by atoms with Crippen molar-refractivity contribution < 1.29 is 27.6 Å². The molecule has 0 radical (unpaired) electrons. The van der Waals surface area contributed by atoms with Crippen LogP contribution in [0, 0.1) is 11.8 Å². The number of nitrogen functional groups attached to an aromatic ring is 1. The third-order valence-corrected chi connectivity index (χ3v) is 12.4. The molecule has 10 nitrogen and oxygen atoms in total. The number of benzene rings is 1. The van der Waals surface area contributed by atoms with E-state index < -0.39 is 23.3 Å². The minimum atomic E-state index is -4.72. The van der Waals surface area contributed by atoms with Crippen molar-refractivity contribution in [1.82, 2.24) is 24.5 Å². The van der Waals surface area contributed by atoms with Gasteiger partial charge >= 0.3 is 12.2 Å². The number of thiophene rings is 1. The van der Waals surface area contributed by atoms with Crippen LogP contribution in [0.1, 0.15) is 48.8 Å². The first-order valence-electron chi connectivity index (χ1n) is 17.3. The van der Waals surface area contributed by atoms with Gasteiger partial charge in [0.25, 0.3) is 0 Å². The Morgan fingerprint density at radius 2 is 1.69 bits per heavy atom. The van der Waals surface area contributed by atoms with E-state index in [1.54, 1.807) is 21.1 Å². The summed E-state index contributed by atoms with van der Waals surface area (Å²) in [6.07, 6.45) is -1.31. The molecule has 7 heterocycles. The number of fused-ring (bicyclic) bond motifs is 4. The van der Waals surface area contributed by atoms with Gasteiger partial charge in [-0.2, -0.15) is 13.2 Å². The van der Waals surface area contributed by atoms with Crippen molar-refractivity contribution in [3.05, 3.63) is 44.6 Å². The van der Waals surface area contributed by atoms with Gasteiger partial charge in [0.1, 0.15) is 0 Å². The van der Waals surface area contributed by atoms with E-state index in [0.717, 1.165) is 50.0 Å². The SMILES string of the molecule is Nc1c(Cl)cc(C[C@@H](CC(=O)N2CCC(N3Cc4cscc4NC3=O)CC2)C(=O)N2CCN(C3CN4CCC3CC4)CC2)cc1C(F)(F)F. The molecular formula is C34H43ClF3N7O3S. The summed E-state index contributed by atoms with van der Waals surface area (Å²) in [5.74, 6) is -0.630. The third-order valence-electron chi connectivity index (χ3n) is 11.3. The summed E-state index contributed by atoms with van der Waals surface area (Å²) in [6.45, 7) is 7.24. The molecular weight excluding hydrogens is 679 g/mol. The monoisotopic (exact) mass is 721 g/mol. The van der Waals surface area contributed by atoms with Gasteiger partial charge in [0.2, 0.25) is 11.8 Å². The van der Waals surface area contributed by atoms with Crippen LogP contribution in [0.15, 0.2) is 22.9 Å². The minimum Gasteiger partial charge on any atom is -0.397 e. The molecule has 0 saturated carbocycles. The topological polar surface area (TPSA) is 105 Å². The maximum absolute atomic E-state index is 14.1. The second-order valence-corrected chi connectivity index (χ2v) is 15.3. The lowest BCUT2D eigenvalue weighted by molar-refractivity contribution is -0.143. The summed E-state index contributed by atoms with van der Waals surface area (Å²) in [6, 6.07) is 2.64. The number of nitrogens with two attached hydrogens (primary N) is 1. The maximum Gasteiger partial charge on any atom is 0.418 e. The number of carbonyl (C=O) groups is 3. The van der Waals surface area contributed by atoms with E-state index in [4.69, 9.17) is 17.3 Å². The first kappa shape index (κ1) is 34.4. The molecule has 1 unspecified atom stereocenters. The first-order chi connectivity index (χ1) is 23.4. The van der Waals surface area contributed by atoms with E-state index in [9.17, 15) is 27.6 Å². The van der Waals surface area contributed by atoms with Gasteiger partial charge < -0.3 is 30.7 Å². The van der Waals surface area contributed by atoms with Crippen molar-refractivity contribution in [2.24, 2.45) is 11.8 Å². The van der Waals surface area contributed by atoms with Crippen LogP contribution >= 0.6 is 22.9 Å². The summed E-state index contributed by atoms with van der Waals surface area (Å²) >= 11 is 7.70. The Hall–Kier alpha value is -3.07. The Morgan fingerprint density at radius 1 is 0.980 bits per heavy atom. The Bertz CT molecular complexity index is 1570. The summed E-state index contributed by atoms with van der Waals surface area (Å²) in [5, 5.41) is 6.66. The van der Waals surface area contributed by atoms with Crippen molar-refractivity contribution in [3.8, 4) is 0 Å². The summed E-state index contributed by atoms with van der Waals surface area (Å²) in [7, 11) is 0. The highest BCUT2D eigenvalue weighted by Crippen LogP contribution is 2.39. The van der Waals surface area contributed by atoms with Crippen LogP contribution in [0.5, 0.6) is 0 Å². The summed E-state index contributed by atoms with van der Waals surface area (Å²) < 4.78 is 41.5. The number of piperazine rings is 1. The minimum absolute atomic E-state index is 0.0280. The third kappa shape index (κ3) is 7.24. The fraction of sp³-hybridized carbons (Fsp3) is 0.618. The number of amides is 4. The number of anilines is 2. The molecule has 3 N–H and O–H groups in total. The van der Waals surface area contributed by atoms with Crippen molar-refractivity contribution in [3.63, 3.8) is 0 Å². The van der Waals surface area contributed by atoms with Gasteiger partial charge in [-0.05, 0) is 74.2 Å². The largest absolute Gasteiger partial charge is 0.418 e. The molecule has 5 fully saturated rings. The van der Waals surface area contributed by atoms with Gasteiger partial charge in [0, 0.05) is 75.3 Å². The summed E-state index contributed by atoms with van der Waals surface area (Å²) in [5.41, 5.74) is 6.23. The van der Waals surface area contributed by atoms with Crippen LogP contribution in [0.2, 0.25) is 5.02 Å². The number of piperidine rings is 4. The standard InChI is InChI=1S/C34H43ClF3N7O3S/c35-27-15-21(14-26(31(27)39)34(36,37)38)13-23(32(47)44-11-9-42(10-12-44)29-18-41-5-1-22(29)2-6-41)16-30(46)43-7-3-25(4-8-43)45-17-24-19-49-20-28(24)40-33(45)48/h14-15,19-20,22-23,25,29H,1-13,16-18,39H2,(H,40,48)/t23-,29?/m0/s1. The number of likely N-dealkylation sites (tertiary alicyclic amines) is 1. The fourth-order valence-electron chi connectivity index (χ4n) is 8.50. The number of alkyl halides is 3. The fourth-order valence-corrected chi connectivity index (χ4v) is 9.52. The van der Waals surface area contributed by atoms with E-state index in [2.05, 4.69) is 15.1 Å². The van der Waals surface area contributed by atoms with Gasteiger partial charge in [-0.25, -0.2) is 4.79 Å². The average Bonchev–Trinajstić information content (AvgIpc) is 3.56. The Morgan fingerprint density at radius 3 is 2.35 bits per heavy atom.